The van der Waals surface area contributed by atoms with Gasteiger partial charge in [-0.15, -0.1) is 0 Å². The molecule has 0 aromatic heterocycles. The van der Waals surface area contributed by atoms with E-state index in [1.165, 1.54) is 161 Å². The number of rotatable bonds is 39. The first-order chi connectivity index (χ1) is 26.7. The largest absolute Gasteiger partial charge is 0.479 e. The first-order valence-electron chi connectivity index (χ1n) is 23.2. The van der Waals surface area contributed by atoms with Crippen LogP contribution < -0.4 is 5.32 Å². The van der Waals surface area contributed by atoms with Crippen molar-refractivity contribution in [3.63, 3.8) is 0 Å². The lowest BCUT2D eigenvalue weighted by Crippen LogP contribution is -2.61. The van der Waals surface area contributed by atoms with Gasteiger partial charge in [0, 0.05) is 6.42 Å². The summed E-state index contributed by atoms with van der Waals surface area (Å²) in [5.74, 6) is -1.69. The Morgan fingerprint density at radius 2 is 0.909 bits per heavy atom. The van der Waals surface area contributed by atoms with Crippen LogP contribution in [0.1, 0.15) is 226 Å². The maximum Gasteiger partial charge on any atom is 0.335 e. The highest BCUT2D eigenvalue weighted by molar-refractivity contribution is 5.76. The van der Waals surface area contributed by atoms with Gasteiger partial charge in [0.1, 0.15) is 18.3 Å². The van der Waals surface area contributed by atoms with E-state index >= 15 is 0 Å². The van der Waals surface area contributed by atoms with Crippen molar-refractivity contribution in [3.8, 4) is 0 Å². The summed E-state index contributed by atoms with van der Waals surface area (Å²) in [7, 11) is 0. The van der Waals surface area contributed by atoms with Crippen LogP contribution in [-0.2, 0) is 19.1 Å². The second-order valence-electron chi connectivity index (χ2n) is 16.6. The van der Waals surface area contributed by atoms with Gasteiger partial charge in [-0.1, -0.05) is 206 Å². The number of hydrogen-bond acceptors (Lipinski definition) is 8. The van der Waals surface area contributed by atoms with E-state index in [0.717, 1.165) is 38.5 Å². The van der Waals surface area contributed by atoms with Crippen molar-refractivity contribution in [3.05, 3.63) is 0 Å². The zero-order chi connectivity index (χ0) is 40.4. The molecule has 10 heteroatoms. The summed E-state index contributed by atoms with van der Waals surface area (Å²) in [4.78, 5) is 24.5. The second-order valence-corrected chi connectivity index (χ2v) is 16.6. The lowest BCUT2D eigenvalue weighted by atomic mass is 9.99. The third-order valence-electron chi connectivity index (χ3n) is 11.4. The van der Waals surface area contributed by atoms with Crippen LogP contribution in [-0.4, -0.2) is 86.9 Å². The monoisotopic (exact) mass is 786 g/mol. The molecule has 0 spiro atoms. The molecule has 1 aliphatic rings. The second kappa shape index (κ2) is 35.8. The highest BCUT2D eigenvalue weighted by atomic mass is 16.7. The van der Waals surface area contributed by atoms with Crippen molar-refractivity contribution in [1.29, 1.82) is 0 Å². The van der Waals surface area contributed by atoms with Gasteiger partial charge in [0.2, 0.25) is 5.91 Å². The van der Waals surface area contributed by atoms with Crippen molar-refractivity contribution in [2.24, 2.45) is 0 Å². The number of aliphatic carboxylic acids is 1. The molecule has 326 valence electrons. The van der Waals surface area contributed by atoms with Crippen LogP contribution in [0.25, 0.3) is 0 Å². The Balaban J connectivity index is 2.36. The maximum atomic E-state index is 13.0. The number of carboxylic acids is 1. The predicted octanol–water partition coefficient (Wildman–Crippen LogP) is 9.65. The van der Waals surface area contributed by atoms with E-state index < -0.39 is 48.8 Å². The van der Waals surface area contributed by atoms with Gasteiger partial charge in [0.25, 0.3) is 0 Å². The van der Waals surface area contributed by atoms with Crippen molar-refractivity contribution < 1.29 is 44.6 Å². The third kappa shape index (κ3) is 27.1. The Morgan fingerprint density at radius 1 is 0.545 bits per heavy atom. The molecule has 1 aliphatic heterocycles. The van der Waals surface area contributed by atoms with Crippen LogP contribution in [0.5, 0.6) is 0 Å². The first kappa shape index (κ1) is 51.7. The average molecular weight is 786 g/mol. The summed E-state index contributed by atoms with van der Waals surface area (Å²) in [6, 6.07) is -0.803. The predicted molar refractivity (Wildman–Crippen MR) is 222 cm³/mol. The summed E-state index contributed by atoms with van der Waals surface area (Å²) in [5, 5.41) is 54.0. The molecule has 55 heavy (non-hydrogen) atoms. The van der Waals surface area contributed by atoms with Crippen LogP contribution in [0.2, 0.25) is 0 Å². The summed E-state index contributed by atoms with van der Waals surface area (Å²) in [6.45, 7) is 4.27. The number of aliphatic hydroxyl groups excluding tert-OH is 4. The number of unbranched alkanes of at least 4 members (excludes halogenated alkanes) is 29. The average Bonchev–Trinajstić information content (AvgIpc) is 3.17. The molecule has 0 aromatic rings. The van der Waals surface area contributed by atoms with E-state index in [-0.39, 0.29) is 12.5 Å². The van der Waals surface area contributed by atoms with Crippen molar-refractivity contribution in [2.75, 3.05) is 6.61 Å². The van der Waals surface area contributed by atoms with E-state index in [0.29, 0.717) is 12.8 Å². The fraction of sp³-hybridized carbons (Fsp3) is 0.956. The van der Waals surface area contributed by atoms with Crippen molar-refractivity contribution in [2.45, 2.75) is 269 Å². The summed E-state index contributed by atoms with van der Waals surface area (Å²) >= 11 is 0. The molecule has 7 atom stereocenters. The quantitative estimate of drug-likeness (QED) is 0.0333. The Kier molecular flexibility index (Phi) is 33.7. The van der Waals surface area contributed by atoms with Crippen LogP contribution >= 0.6 is 0 Å². The van der Waals surface area contributed by atoms with Crippen LogP contribution in [0.4, 0.5) is 0 Å². The van der Waals surface area contributed by atoms with E-state index in [4.69, 9.17) is 9.47 Å². The molecular weight excluding hydrogens is 698 g/mol. The summed E-state index contributed by atoms with van der Waals surface area (Å²) in [6.07, 6.45) is 30.0. The number of carbonyl (C=O) groups is 2. The minimum atomic E-state index is -1.82. The molecule has 1 amide bonds. The van der Waals surface area contributed by atoms with E-state index in [9.17, 15) is 35.1 Å². The minimum Gasteiger partial charge on any atom is -0.479 e. The molecule has 0 radical (unpaired) electrons. The van der Waals surface area contributed by atoms with Gasteiger partial charge in [-0.2, -0.15) is 0 Å². The highest BCUT2D eigenvalue weighted by Gasteiger charge is 2.47. The highest BCUT2D eigenvalue weighted by Crippen LogP contribution is 2.23. The number of aliphatic hydroxyl groups is 4. The molecule has 0 unspecified atom stereocenters. The topological polar surface area (TPSA) is 166 Å². The van der Waals surface area contributed by atoms with Crippen LogP contribution in [0, 0.1) is 0 Å². The van der Waals surface area contributed by atoms with Gasteiger partial charge < -0.3 is 40.3 Å². The number of ether oxygens (including phenoxy) is 2. The van der Waals surface area contributed by atoms with Crippen LogP contribution in [0.3, 0.4) is 0 Å². The van der Waals surface area contributed by atoms with Gasteiger partial charge in [0.05, 0.1) is 18.8 Å². The minimum absolute atomic E-state index is 0.196. The van der Waals surface area contributed by atoms with Crippen molar-refractivity contribution in [1.82, 2.24) is 5.32 Å². The molecule has 1 rings (SSSR count). The van der Waals surface area contributed by atoms with E-state index in [1.807, 2.05) is 0 Å². The Labute approximate surface area is 336 Å². The fourth-order valence-electron chi connectivity index (χ4n) is 7.68. The zero-order valence-corrected chi connectivity index (χ0v) is 35.5. The first-order valence-corrected chi connectivity index (χ1v) is 23.2. The maximum absolute atomic E-state index is 13.0. The molecule has 10 nitrogen and oxygen atoms in total. The molecule has 0 aromatic carbocycles. The smallest absolute Gasteiger partial charge is 0.335 e. The third-order valence-corrected chi connectivity index (χ3v) is 11.4. The van der Waals surface area contributed by atoms with Gasteiger partial charge in [-0.25, -0.2) is 4.79 Å². The Bertz CT molecular complexity index is 892. The standard InChI is InChI=1S/C45H87NO9/c1-3-5-7-9-11-13-15-17-19-21-23-25-27-29-31-33-35-39(48)46-37(36-54-45-42(51)40(49)41(50)43(55-45)44(52)53)38(47)34-32-30-28-26-24-22-20-18-16-14-12-10-8-6-4-2/h37-38,40-43,45,47,49-51H,3-36H2,1-2H3,(H,46,48)(H,52,53)/t37-,38+,40-,41+,42+,43-,45-/m0/s1. The van der Waals surface area contributed by atoms with Gasteiger partial charge in [0.15, 0.2) is 12.4 Å². The molecule has 1 saturated heterocycles. The normalized spacial score (nSPS) is 21.1. The number of amides is 1. The number of nitrogens with one attached hydrogen (secondary N) is 1. The lowest BCUT2D eigenvalue weighted by Gasteiger charge is -2.39. The van der Waals surface area contributed by atoms with E-state index in [2.05, 4.69) is 19.2 Å². The van der Waals surface area contributed by atoms with E-state index in [1.54, 1.807) is 0 Å². The molecule has 0 bridgehead atoms. The van der Waals surface area contributed by atoms with Crippen LogP contribution in [0.15, 0.2) is 0 Å². The lowest BCUT2D eigenvalue weighted by molar-refractivity contribution is -0.295. The molecular formula is C45H87NO9. The number of hydrogen-bond donors (Lipinski definition) is 6. The van der Waals surface area contributed by atoms with Gasteiger partial charge in [-0.05, 0) is 12.8 Å². The zero-order valence-electron chi connectivity index (χ0n) is 35.5. The SMILES string of the molecule is CCCCCCCCCCCCCCCCCCC(=O)N[C@@H](CO[C@H]1O[C@H](C(=O)O)[C@H](O)[C@H](O)[C@H]1O)[C@H](O)CCCCCCCCCCCCCCCCC. The molecule has 0 aliphatic carbocycles. The number of carboxylic acid groups (broad SMARTS) is 1. The fourth-order valence-corrected chi connectivity index (χ4v) is 7.68. The van der Waals surface area contributed by atoms with Gasteiger partial charge in [-0.3, -0.25) is 4.79 Å². The van der Waals surface area contributed by atoms with Gasteiger partial charge >= 0.3 is 5.97 Å². The Hall–Kier alpha value is -1.30. The molecule has 0 saturated carbocycles. The molecule has 1 heterocycles. The van der Waals surface area contributed by atoms with Crippen molar-refractivity contribution >= 4 is 11.9 Å². The summed E-state index contributed by atoms with van der Waals surface area (Å²) < 4.78 is 10.9. The Morgan fingerprint density at radius 3 is 1.29 bits per heavy atom. The molecule has 6 N–H and O–H groups in total. The molecule has 1 fully saturated rings. The number of carbonyl (C=O) groups excluding carboxylic acids is 1. The summed E-state index contributed by atoms with van der Waals surface area (Å²) in [5.41, 5.74) is 0.